The molecular weight excluding hydrogens is 368 g/mol. The minimum Gasteiger partial charge on any atom is -0.373 e. The maximum absolute atomic E-state index is 12.5. The van der Waals surface area contributed by atoms with Gasteiger partial charge in [0.15, 0.2) is 5.11 Å². The fourth-order valence-corrected chi connectivity index (χ4v) is 3.52. The number of amides is 1. The van der Waals surface area contributed by atoms with Crippen LogP contribution in [0.3, 0.4) is 0 Å². The number of likely N-dealkylation sites (tertiary alicyclic amines) is 1. The zero-order valence-electron chi connectivity index (χ0n) is 16.4. The van der Waals surface area contributed by atoms with Gasteiger partial charge in [-0.05, 0) is 67.9 Å². The molecule has 1 heterocycles. The van der Waals surface area contributed by atoms with Crippen LogP contribution in [-0.4, -0.2) is 49.1 Å². The number of anilines is 2. The minimum absolute atomic E-state index is 0.121. The second-order valence-electron chi connectivity index (χ2n) is 7.07. The maximum atomic E-state index is 12.5. The first kappa shape index (κ1) is 20.1. The SMILES string of the molecule is CN(CCNC(=S)Nc1ccc(C(=O)N2CCCCC2)cc1)c1ccccc1. The van der Waals surface area contributed by atoms with E-state index in [9.17, 15) is 4.79 Å². The van der Waals surface area contributed by atoms with Crippen molar-refractivity contribution in [2.24, 2.45) is 0 Å². The van der Waals surface area contributed by atoms with Crippen molar-refractivity contribution in [3.05, 3.63) is 60.2 Å². The summed E-state index contributed by atoms with van der Waals surface area (Å²) in [5.41, 5.74) is 2.79. The van der Waals surface area contributed by atoms with E-state index in [0.717, 1.165) is 50.3 Å². The number of para-hydroxylation sites is 1. The fraction of sp³-hybridized carbons (Fsp3) is 0.364. The summed E-state index contributed by atoms with van der Waals surface area (Å²) >= 11 is 5.38. The molecule has 5 nitrogen and oxygen atoms in total. The first-order valence-electron chi connectivity index (χ1n) is 9.84. The number of thiocarbonyl (C=S) groups is 1. The summed E-state index contributed by atoms with van der Waals surface area (Å²) in [4.78, 5) is 16.6. The summed E-state index contributed by atoms with van der Waals surface area (Å²) in [6, 6.07) is 17.8. The molecule has 6 heteroatoms. The number of benzene rings is 2. The zero-order chi connectivity index (χ0) is 19.8. The number of likely N-dealkylation sites (N-methyl/N-ethyl adjacent to an activating group) is 1. The van der Waals surface area contributed by atoms with Gasteiger partial charge in [0.25, 0.3) is 5.91 Å². The molecule has 1 fully saturated rings. The van der Waals surface area contributed by atoms with E-state index in [1.165, 1.54) is 12.1 Å². The Bertz CT molecular complexity index is 773. The van der Waals surface area contributed by atoms with Crippen molar-refractivity contribution in [3.8, 4) is 0 Å². The quantitative estimate of drug-likeness (QED) is 0.729. The van der Waals surface area contributed by atoms with E-state index in [4.69, 9.17) is 12.2 Å². The molecule has 1 saturated heterocycles. The molecule has 148 valence electrons. The summed E-state index contributed by atoms with van der Waals surface area (Å²) in [7, 11) is 2.06. The van der Waals surface area contributed by atoms with Crippen LogP contribution in [0.2, 0.25) is 0 Å². The Kier molecular flexibility index (Phi) is 7.25. The van der Waals surface area contributed by atoms with Crippen molar-refractivity contribution in [2.45, 2.75) is 19.3 Å². The molecule has 2 aromatic rings. The second-order valence-corrected chi connectivity index (χ2v) is 7.48. The van der Waals surface area contributed by atoms with E-state index in [0.29, 0.717) is 5.11 Å². The lowest BCUT2D eigenvalue weighted by molar-refractivity contribution is 0.0724. The Morgan fingerprint density at radius 3 is 2.39 bits per heavy atom. The van der Waals surface area contributed by atoms with Gasteiger partial charge >= 0.3 is 0 Å². The maximum Gasteiger partial charge on any atom is 0.253 e. The fourth-order valence-electron chi connectivity index (χ4n) is 3.30. The van der Waals surface area contributed by atoms with Crippen LogP contribution in [0, 0.1) is 0 Å². The van der Waals surface area contributed by atoms with Gasteiger partial charge in [0.1, 0.15) is 0 Å². The van der Waals surface area contributed by atoms with Crippen LogP contribution >= 0.6 is 12.2 Å². The van der Waals surface area contributed by atoms with Gasteiger partial charge in [-0.3, -0.25) is 4.79 Å². The highest BCUT2D eigenvalue weighted by Gasteiger charge is 2.17. The smallest absolute Gasteiger partial charge is 0.253 e. The molecule has 0 atom stereocenters. The van der Waals surface area contributed by atoms with Gasteiger partial charge < -0.3 is 20.4 Å². The largest absolute Gasteiger partial charge is 0.373 e. The topological polar surface area (TPSA) is 47.6 Å². The molecule has 28 heavy (non-hydrogen) atoms. The molecular formula is C22H28N4OS. The van der Waals surface area contributed by atoms with E-state index in [-0.39, 0.29) is 5.91 Å². The van der Waals surface area contributed by atoms with Crippen molar-refractivity contribution in [2.75, 3.05) is 43.4 Å². The molecule has 0 aromatic heterocycles. The minimum atomic E-state index is 0.121. The van der Waals surface area contributed by atoms with Crippen molar-refractivity contribution in [3.63, 3.8) is 0 Å². The number of piperidine rings is 1. The van der Waals surface area contributed by atoms with Crippen molar-refractivity contribution < 1.29 is 4.79 Å². The Labute approximate surface area is 172 Å². The Morgan fingerprint density at radius 1 is 1.04 bits per heavy atom. The molecule has 3 rings (SSSR count). The Morgan fingerprint density at radius 2 is 1.71 bits per heavy atom. The summed E-state index contributed by atoms with van der Waals surface area (Å²) < 4.78 is 0. The van der Waals surface area contributed by atoms with Gasteiger partial charge in [0.05, 0.1) is 0 Å². The molecule has 0 radical (unpaired) electrons. The standard InChI is InChI=1S/C22H28N4OS/c1-25(20-8-4-2-5-9-20)17-14-23-22(28)24-19-12-10-18(11-13-19)21(27)26-15-6-3-7-16-26/h2,4-5,8-13H,3,6-7,14-17H2,1H3,(H2,23,24,28). The number of nitrogens with zero attached hydrogens (tertiary/aromatic N) is 2. The van der Waals surface area contributed by atoms with Crippen LogP contribution in [0.5, 0.6) is 0 Å². The molecule has 1 aliphatic rings. The normalized spacial score (nSPS) is 13.7. The molecule has 0 spiro atoms. The number of hydrogen-bond acceptors (Lipinski definition) is 3. The molecule has 1 aliphatic heterocycles. The average molecular weight is 397 g/mol. The van der Waals surface area contributed by atoms with Gasteiger partial charge in [-0.15, -0.1) is 0 Å². The summed E-state index contributed by atoms with van der Waals surface area (Å²) in [6.07, 6.45) is 3.42. The molecule has 2 aromatic carbocycles. The molecule has 0 unspecified atom stereocenters. The lowest BCUT2D eigenvalue weighted by Gasteiger charge is -2.26. The second kappa shape index (κ2) is 10.1. The Hall–Kier alpha value is -2.60. The van der Waals surface area contributed by atoms with Crippen molar-refractivity contribution in [1.82, 2.24) is 10.2 Å². The van der Waals surface area contributed by atoms with Gasteiger partial charge in [-0.25, -0.2) is 0 Å². The monoisotopic (exact) mass is 396 g/mol. The molecule has 0 bridgehead atoms. The first-order valence-corrected chi connectivity index (χ1v) is 10.2. The van der Waals surface area contributed by atoms with E-state index in [1.54, 1.807) is 0 Å². The van der Waals surface area contributed by atoms with Crippen LogP contribution in [-0.2, 0) is 0 Å². The lowest BCUT2D eigenvalue weighted by Crippen LogP contribution is -2.36. The van der Waals surface area contributed by atoms with Gasteiger partial charge in [-0.2, -0.15) is 0 Å². The van der Waals surface area contributed by atoms with Crippen LogP contribution in [0.4, 0.5) is 11.4 Å². The van der Waals surface area contributed by atoms with Crippen molar-refractivity contribution in [1.29, 1.82) is 0 Å². The van der Waals surface area contributed by atoms with E-state index >= 15 is 0 Å². The highest BCUT2D eigenvalue weighted by atomic mass is 32.1. The number of carbonyl (C=O) groups is 1. The average Bonchev–Trinajstić information content (AvgIpc) is 2.75. The predicted molar refractivity (Wildman–Crippen MR) is 120 cm³/mol. The summed E-state index contributed by atoms with van der Waals surface area (Å²) in [5, 5.41) is 6.98. The Balaban J connectivity index is 1.43. The zero-order valence-corrected chi connectivity index (χ0v) is 17.2. The first-order chi connectivity index (χ1) is 13.6. The number of carbonyl (C=O) groups excluding carboxylic acids is 1. The number of rotatable bonds is 6. The summed E-state index contributed by atoms with van der Waals surface area (Å²) in [5.74, 6) is 0.121. The molecule has 0 saturated carbocycles. The van der Waals surface area contributed by atoms with E-state index in [2.05, 4.69) is 34.7 Å². The lowest BCUT2D eigenvalue weighted by atomic mass is 10.1. The highest BCUT2D eigenvalue weighted by Crippen LogP contribution is 2.15. The van der Waals surface area contributed by atoms with Gasteiger partial charge in [0.2, 0.25) is 0 Å². The number of hydrogen-bond donors (Lipinski definition) is 2. The third kappa shape index (κ3) is 5.70. The summed E-state index contributed by atoms with van der Waals surface area (Å²) in [6.45, 7) is 3.31. The molecule has 1 amide bonds. The third-order valence-corrected chi connectivity index (χ3v) is 5.21. The molecule has 0 aliphatic carbocycles. The third-order valence-electron chi connectivity index (χ3n) is 4.96. The molecule has 2 N–H and O–H groups in total. The van der Waals surface area contributed by atoms with Gasteiger partial charge in [-0.1, -0.05) is 18.2 Å². The van der Waals surface area contributed by atoms with E-state index in [1.807, 2.05) is 47.4 Å². The van der Waals surface area contributed by atoms with Crippen molar-refractivity contribution >= 4 is 34.6 Å². The van der Waals surface area contributed by atoms with Crippen LogP contribution in [0.25, 0.3) is 0 Å². The predicted octanol–water partition coefficient (Wildman–Crippen LogP) is 3.74. The van der Waals surface area contributed by atoms with Gasteiger partial charge in [0, 0.05) is 50.2 Å². The number of nitrogens with one attached hydrogen (secondary N) is 2. The van der Waals surface area contributed by atoms with E-state index < -0.39 is 0 Å². The highest BCUT2D eigenvalue weighted by molar-refractivity contribution is 7.80. The van der Waals surface area contributed by atoms with Crippen LogP contribution < -0.4 is 15.5 Å². The van der Waals surface area contributed by atoms with Crippen LogP contribution in [0.15, 0.2) is 54.6 Å². The van der Waals surface area contributed by atoms with Crippen LogP contribution in [0.1, 0.15) is 29.6 Å².